The van der Waals surface area contributed by atoms with E-state index in [0.29, 0.717) is 11.7 Å². The average Bonchev–Trinajstić information content (AvgIpc) is 3.05. The number of benzene rings is 2. The van der Waals surface area contributed by atoms with Crippen molar-refractivity contribution in [3.8, 4) is 11.3 Å². The maximum Gasteiger partial charge on any atom is 0.230 e. The minimum absolute atomic E-state index is 0.550. The summed E-state index contributed by atoms with van der Waals surface area (Å²) in [5.41, 5.74) is 4.47. The van der Waals surface area contributed by atoms with E-state index in [1.54, 1.807) is 0 Å². The topological polar surface area (TPSA) is 37.6 Å². The van der Waals surface area contributed by atoms with Crippen LogP contribution in [0.15, 0.2) is 76.3 Å². The predicted molar refractivity (Wildman–Crippen MR) is 97.1 cm³/mol. The molecule has 0 aliphatic carbocycles. The summed E-state index contributed by atoms with van der Waals surface area (Å²) in [4.78, 5) is 4.50. The van der Waals surface area contributed by atoms with Crippen molar-refractivity contribution < 1.29 is 0 Å². The van der Waals surface area contributed by atoms with E-state index in [4.69, 9.17) is 0 Å². The molecule has 3 nitrogen and oxygen atoms in total. The summed E-state index contributed by atoms with van der Waals surface area (Å²) >= 11 is 1.51. The Morgan fingerprint density at radius 1 is 1.04 bits per heavy atom. The van der Waals surface area contributed by atoms with Crippen LogP contribution in [0.5, 0.6) is 0 Å². The molecule has 1 heterocycles. The van der Waals surface area contributed by atoms with E-state index >= 15 is 0 Å². The molecule has 114 valence electrons. The van der Waals surface area contributed by atoms with Gasteiger partial charge in [-0.3, -0.25) is 0 Å². The van der Waals surface area contributed by atoms with E-state index < -0.39 is 0 Å². The number of hydrogen-bond acceptors (Lipinski definition) is 4. The predicted octanol–water partition coefficient (Wildman–Crippen LogP) is 5.92. The van der Waals surface area contributed by atoms with E-state index in [1.165, 1.54) is 22.5 Å². The van der Waals surface area contributed by atoms with Crippen molar-refractivity contribution in [1.29, 1.82) is 0 Å². The number of aryl methyl sites for hydroxylation is 1. The summed E-state index contributed by atoms with van der Waals surface area (Å²) in [7, 11) is 0. The van der Waals surface area contributed by atoms with Crippen LogP contribution in [0.2, 0.25) is 0 Å². The Labute approximate surface area is 140 Å². The Morgan fingerprint density at radius 3 is 2.61 bits per heavy atom. The molecule has 2 aromatic carbocycles. The molecule has 0 fully saturated rings. The molecule has 4 heteroatoms. The highest BCUT2D eigenvalue weighted by molar-refractivity contribution is 7.13. The van der Waals surface area contributed by atoms with Gasteiger partial charge in [0.2, 0.25) is 5.13 Å². The number of nitrogens with zero attached hydrogens (tertiary/aromatic N) is 3. The molecule has 3 aromatic rings. The Hall–Kier alpha value is -2.59. The lowest BCUT2D eigenvalue weighted by Gasteiger charge is -1.96. The quantitative estimate of drug-likeness (QED) is 0.538. The molecule has 3 rings (SSSR count). The zero-order chi connectivity index (χ0) is 15.9. The zero-order valence-corrected chi connectivity index (χ0v) is 13.7. The van der Waals surface area contributed by atoms with Gasteiger partial charge in [0.1, 0.15) is 0 Å². The maximum atomic E-state index is 4.50. The molecule has 0 atom stereocenters. The van der Waals surface area contributed by atoms with Crippen LogP contribution in [0, 0.1) is 6.92 Å². The lowest BCUT2D eigenvalue weighted by molar-refractivity contribution is 1.06. The maximum absolute atomic E-state index is 4.50. The van der Waals surface area contributed by atoms with Gasteiger partial charge in [-0.15, -0.1) is 16.5 Å². The molecule has 0 radical (unpaired) electrons. The molecule has 1 aromatic heterocycles. The van der Waals surface area contributed by atoms with Crippen molar-refractivity contribution in [3.63, 3.8) is 0 Å². The molecule has 0 bridgehead atoms. The molecule has 0 aliphatic rings. The van der Waals surface area contributed by atoms with Crippen LogP contribution in [0.4, 0.5) is 5.13 Å². The summed E-state index contributed by atoms with van der Waals surface area (Å²) in [5.74, 6) is 0. The van der Waals surface area contributed by atoms with Gasteiger partial charge >= 0.3 is 0 Å². The second kappa shape index (κ2) is 7.61. The van der Waals surface area contributed by atoms with Gasteiger partial charge in [-0.05, 0) is 12.5 Å². The smallest absolute Gasteiger partial charge is 0.217 e. The van der Waals surface area contributed by atoms with Crippen LogP contribution in [-0.2, 0) is 0 Å². The van der Waals surface area contributed by atoms with Crippen LogP contribution in [0.1, 0.15) is 11.1 Å². The zero-order valence-electron chi connectivity index (χ0n) is 12.9. The number of aromatic nitrogens is 1. The minimum atomic E-state index is 0.550. The van der Waals surface area contributed by atoms with Crippen molar-refractivity contribution in [3.05, 3.63) is 77.2 Å². The lowest BCUT2D eigenvalue weighted by atomic mass is 10.1. The summed E-state index contributed by atoms with van der Waals surface area (Å²) in [6.07, 6.45) is 4.03. The highest BCUT2D eigenvalue weighted by Gasteiger charge is 2.03. The Balaban J connectivity index is 1.58. The summed E-state index contributed by atoms with van der Waals surface area (Å²) < 4.78 is 0. The van der Waals surface area contributed by atoms with Gasteiger partial charge < -0.3 is 0 Å². The summed E-state index contributed by atoms with van der Waals surface area (Å²) in [6, 6.07) is 18.5. The fourth-order valence-corrected chi connectivity index (χ4v) is 2.73. The highest BCUT2D eigenvalue weighted by atomic mass is 32.1. The van der Waals surface area contributed by atoms with Crippen LogP contribution < -0.4 is 0 Å². The van der Waals surface area contributed by atoms with Gasteiger partial charge in [0.05, 0.1) is 12.2 Å². The van der Waals surface area contributed by atoms with Crippen molar-refractivity contribution in [1.82, 2.24) is 4.98 Å². The van der Waals surface area contributed by atoms with Gasteiger partial charge in [-0.1, -0.05) is 72.3 Å². The van der Waals surface area contributed by atoms with E-state index in [1.807, 2.05) is 35.7 Å². The molecule has 0 saturated carbocycles. The van der Waals surface area contributed by atoms with E-state index in [0.717, 1.165) is 11.3 Å². The van der Waals surface area contributed by atoms with Crippen molar-refractivity contribution in [2.24, 2.45) is 10.2 Å². The third-order valence-electron chi connectivity index (χ3n) is 3.29. The highest BCUT2D eigenvalue weighted by Crippen LogP contribution is 2.27. The molecule has 0 saturated heterocycles. The standard InChI is InChI=1S/C19H17N3S/c1-15-9-11-17(12-10-15)18-14-23-19(21-18)22-20-13-5-8-16-6-3-2-4-7-16/h2-12,14H,13H2,1H3. The molecule has 0 N–H and O–H groups in total. The van der Waals surface area contributed by atoms with Crippen LogP contribution in [0.3, 0.4) is 0 Å². The third kappa shape index (κ3) is 4.44. The number of hydrogen-bond donors (Lipinski definition) is 0. The van der Waals surface area contributed by atoms with Gasteiger partial charge in [0, 0.05) is 10.9 Å². The summed E-state index contributed by atoms with van der Waals surface area (Å²) in [5, 5.41) is 11.0. The first kappa shape index (κ1) is 15.3. The fraction of sp³-hybridized carbons (Fsp3) is 0.105. The Morgan fingerprint density at radius 2 is 1.83 bits per heavy atom. The van der Waals surface area contributed by atoms with Crippen LogP contribution in [0.25, 0.3) is 17.3 Å². The Bertz CT molecular complexity index is 802. The van der Waals surface area contributed by atoms with E-state index in [-0.39, 0.29) is 0 Å². The average molecular weight is 319 g/mol. The molecule has 23 heavy (non-hydrogen) atoms. The third-order valence-corrected chi connectivity index (χ3v) is 4.02. The van der Waals surface area contributed by atoms with E-state index in [9.17, 15) is 0 Å². The monoisotopic (exact) mass is 319 g/mol. The number of thiazole rings is 1. The molecule has 0 aliphatic heterocycles. The molecule has 0 amide bonds. The first-order valence-corrected chi connectivity index (χ1v) is 8.31. The SMILES string of the molecule is Cc1ccc(-c2csc(N=NCC=Cc3ccccc3)n2)cc1. The van der Waals surface area contributed by atoms with Gasteiger partial charge in [0.15, 0.2) is 0 Å². The second-order valence-corrected chi connectivity index (χ2v) is 5.95. The van der Waals surface area contributed by atoms with E-state index in [2.05, 4.69) is 58.5 Å². The largest absolute Gasteiger partial charge is 0.230 e. The van der Waals surface area contributed by atoms with Gasteiger partial charge in [0.25, 0.3) is 0 Å². The van der Waals surface area contributed by atoms with Crippen molar-refractivity contribution in [2.45, 2.75) is 6.92 Å². The molecular weight excluding hydrogens is 302 g/mol. The van der Waals surface area contributed by atoms with Crippen LogP contribution >= 0.6 is 11.3 Å². The first-order chi connectivity index (χ1) is 11.3. The normalized spacial score (nSPS) is 11.5. The summed E-state index contributed by atoms with van der Waals surface area (Å²) in [6.45, 7) is 2.63. The number of azo groups is 1. The minimum Gasteiger partial charge on any atom is -0.217 e. The number of rotatable bonds is 5. The van der Waals surface area contributed by atoms with Gasteiger partial charge in [-0.25, -0.2) is 4.98 Å². The fourth-order valence-electron chi connectivity index (χ4n) is 2.07. The molecule has 0 spiro atoms. The molecular formula is C19H17N3S. The van der Waals surface area contributed by atoms with Crippen LogP contribution in [-0.4, -0.2) is 11.5 Å². The second-order valence-electron chi connectivity index (χ2n) is 5.12. The van der Waals surface area contributed by atoms with Crippen molar-refractivity contribution in [2.75, 3.05) is 6.54 Å². The molecule has 0 unspecified atom stereocenters. The Kier molecular flexibility index (Phi) is 5.06. The lowest BCUT2D eigenvalue weighted by Crippen LogP contribution is -1.77. The first-order valence-electron chi connectivity index (χ1n) is 7.43. The van der Waals surface area contributed by atoms with Crippen molar-refractivity contribution >= 4 is 22.5 Å². The van der Waals surface area contributed by atoms with Gasteiger partial charge in [-0.2, -0.15) is 5.11 Å².